The van der Waals surface area contributed by atoms with Crippen molar-refractivity contribution in [1.82, 2.24) is 14.6 Å². The molecule has 172 valence electrons. The number of benzene rings is 2. The van der Waals surface area contributed by atoms with Gasteiger partial charge in [-0.15, -0.1) is 0 Å². The number of nitrogens with two attached hydrogens (primary N) is 1. The van der Waals surface area contributed by atoms with Crippen molar-refractivity contribution in [1.29, 1.82) is 0 Å². The molecule has 2 aliphatic rings. The molecule has 3 unspecified atom stereocenters. The number of hydrogen-bond donors (Lipinski definition) is 2. The molecular formula is C25H23N5O3S. The zero-order valence-electron chi connectivity index (χ0n) is 18.3. The molecule has 0 radical (unpaired) electrons. The van der Waals surface area contributed by atoms with E-state index >= 15 is 0 Å². The first-order valence-corrected chi connectivity index (χ1v) is 12.4. The predicted molar refractivity (Wildman–Crippen MR) is 130 cm³/mol. The van der Waals surface area contributed by atoms with Crippen LogP contribution in [0, 0.1) is 5.92 Å². The van der Waals surface area contributed by atoms with E-state index in [1.165, 1.54) is 0 Å². The molecular weight excluding hydrogens is 450 g/mol. The van der Waals surface area contributed by atoms with Crippen LogP contribution in [0.25, 0.3) is 28.0 Å². The predicted octanol–water partition coefficient (Wildman–Crippen LogP) is 3.74. The Hall–Kier alpha value is -3.40. The highest BCUT2D eigenvalue weighted by Crippen LogP contribution is 2.38. The minimum atomic E-state index is -1.72. The van der Waals surface area contributed by atoms with Gasteiger partial charge in [-0.25, -0.2) is 14.3 Å². The Morgan fingerprint density at radius 1 is 1.06 bits per heavy atom. The topological polar surface area (TPSA) is 112 Å². The molecule has 2 aromatic heterocycles. The zero-order valence-corrected chi connectivity index (χ0v) is 19.1. The maximum absolute atomic E-state index is 12.9. The summed E-state index contributed by atoms with van der Waals surface area (Å²) in [5.41, 5.74) is 5.77. The molecule has 0 amide bonds. The van der Waals surface area contributed by atoms with Crippen LogP contribution in [0.3, 0.4) is 0 Å². The Kier molecular flexibility index (Phi) is 5.24. The van der Waals surface area contributed by atoms with Crippen LogP contribution in [0.15, 0.2) is 60.8 Å². The Labute approximate surface area is 198 Å². The lowest BCUT2D eigenvalue weighted by Crippen LogP contribution is -2.19. The summed E-state index contributed by atoms with van der Waals surface area (Å²) in [6.07, 6.45) is 4.64. The van der Waals surface area contributed by atoms with E-state index in [1.54, 1.807) is 10.7 Å². The van der Waals surface area contributed by atoms with E-state index in [9.17, 15) is 9.00 Å². The number of hydrogen-bond acceptors (Lipinski definition) is 6. The van der Waals surface area contributed by atoms with Crippen molar-refractivity contribution in [3.05, 3.63) is 71.9 Å². The minimum Gasteiger partial charge on any atom is -0.367 e. The van der Waals surface area contributed by atoms with Crippen LogP contribution in [0.5, 0.6) is 0 Å². The summed E-state index contributed by atoms with van der Waals surface area (Å²) < 4.78 is 17.9. The fourth-order valence-corrected chi connectivity index (χ4v) is 5.39. The molecule has 2 aromatic carbocycles. The fourth-order valence-electron chi connectivity index (χ4n) is 5.06. The number of carbonyl (C=O) groups is 1. The molecule has 2 heterocycles. The van der Waals surface area contributed by atoms with Gasteiger partial charge in [0.25, 0.3) is 0 Å². The lowest BCUT2D eigenvalue weighted by molar-refractivity contribution is 0.104. The standard InChI is InChI=1S/C25H23N5O3S/c26-34(32)33-14-15-5-7-17(11-15)28-23-9-10-27-24-13-22(29-30(23)24)16-6-8-19-18-3-1-2-4-20(18)25(31)21(19)12-16/h1-4,6,8-10,12-13,15,17,28H,5,7,11,14,26H2. The van der Waals surface area contributed by atoms with Crippen LogP contribution in [-0.4, -0.2) is 37.2 Å². The molecule has 34 heavy (non-hydrogen) atoms. The van der Waals surface area contributed by atoms with Crippen molar-refractivity contribution >= 4 is 28.5 Å². The molecule has 1 fully saturated rings. The third-order valence-corrected chi connectivity index (χ3v) is 7.06. The average Bonchev–Trinajstić information content (AvgIpc) is 3.55. The first-order chi connectivity index (χ1) is 16.6. The van der Waals surface area contributed by atoms with Gasteiger partial charge in [-0.3, -0.25) is 8.98 Å². The molecule has 2 aliphatic carbocycles. The number of aromatic nitrogens is 3. The van der Waals surface area contributed by atoms with E-state index in [-0.39, 0.29) is 11.8 Å². The summed E-state index contributed by atoms with van der Waals surface area (Å²) in [5, 5.41) is 13.6. The van der Waals surface area contributed by atoms with Crippen molar-refractivity contribution in [3.8, 4) is 22.4 Å². The van der Waals surface area contributed by atoms with Crippen LogP contribution < -0.4 is 10.5 Å². The quantitative estimate of drug-likeness (QED) is 0.389. The van der Waals surface area contributed by atoms with E-state index in [2.05, 4.69) is 10.3 Å². The number of carbonyl (C=O) groups excluding carboxylic acids is 1. The van der Waals surface area contributed by atoms with Crippen LogP contribution in [0.2, 0.25) is 0 Å². The summed E-state index contributed by atoms with van der Waals surface area (Å²) in [6.45, 7) is 0.403. The molecule has 4 aromatic rings. The van der Waals surface area contributed by atoms with E-state index in [0.29, 0.717) is 18.1 Å². The number of nitrogens with one attached hydrogen (secondary N) is 1. The maximum Gasteiger partial charge on any atom is 0.231 e. The zero-order chi connectivity index (χ0) is 23.2. The fraction of sp³-hybridized carbons (Fsp3) is 0.240. The maximum atomic E-state index is 12.9. The lowest BCUT2D eigenvalue weighted by atomic mass is 10.0. The van der Waals surface area contributed by atoms with E-state index in [4.69, 9.17) is 14.4 Å². The summed E-state index contributed by atoms with van der Waals surface area (Å²) >= 11 is -1.72. The number of nitrogens with zero attached hydrogens (tertiary/aromatic N) is 3. The second-order valence-electron chi connectivity index (χ2n) is 8.83. The van der Waals surface area contributed by atoms with Gasteiger partial charge in [-0.05, 0) is 48.4 Å². The van der Waals surface area contributed by atoms with Crippen LogP contribution in [0.1, 0.15) is 35.2 Å². The van der Waals surface area contributed by atoms with Crippen LogP contribution in [-0.2, 0) is 15.4 Å². The highest BCUT2D eigenvalue weighted by molar-refractivity contribution is 7.77. The number of ketones is 1. The van der Waals surface area contributed by atoms with Crippen molar-refractivity contribution in [2.24, 2.45) is 11.1 Å². The third-order valence-electron chi connectivity index (χ3n) is 6.69. The van der Waals surface area contributed by atoms with Gasteiger partial charge in [-0.1, -0.05) is 36.4 Å². The Balaban J connectivity index is 1.26. The van der Waals surface area contributed by atoms with Gasteiger partial charge in [0.2, 0.25) is 11.3 Å². The summed E-state index contributed by atoms with van der Waals surface area (Å²) in [7, 11) is 0. The van der Waals surface area contributed by atoms with Crippen molar-refractivity contribution in [3.63, 3.8) is 0 Å². The number of anilines is 1. The summed E-state index contributed by atoms with van der Waals surface area (Å²) in [5.74, 6) is 1.23. The van der Waals surface area contributed by atoms with Gasteiger partial charge in [0.1, 0.15) is 5.82 Å². The van der Waals surface area contributed by atoms with E-state index in [1.807, 2.05) is 54.6 Å². The molecule has 3 N–H and O–H groups in total. The average molecular weight is 474 g/mol. The van der Waals surface area contributed by atoms with Gasteiger partial charge >= 0.3 is 0 Å². The van der Waals surface area contributed by atoms with Crippen molar-refractivity contribution in [2.75, 3.05) is 11.9 Å². The van der Waals surface area contributed by atoms with Gasteiger partial charge in [0.05, 0.1) is 12.3 Å². The molecule has 8 nitrogen and oxygen atoms in total. The lowest BCUT2D eigenvalue weighted by Gasteiger charge is -2.15. The molecule has 0 saturated heterocycles. The first kappa shape index (κ1) is 21.2. The third kappa shape index (κ3) is 3.71. The number of fused-ring (bicyclic) bond motifs is 4. The Morgan fingerprint density at radius 2 is 1.88 bits per heavy atom. The van der Waals surface area contributed by atoms with Gasteiger partial charge < -0.3 is 5.32 Å². The van der Waals surface area contributed by atoms with Gasteiger partial charge in [0.15, 0.2) is 11.4 Å². The van der Waals surface area contributed by atoms with Gasteiger partial charge in [0, 0.05) is 35.0 Å². The van der Waals surface area contributed by atoms with Crippen LogP contribution >= 0.6 is 0 Å². The van der Waals surface area contributed by atoms with Crippen molar-refractivity contribution in [2.45, 2.75) is 25.3 Å². The summed E-state index contributed by atoms with van der Waals surface area (Å²) in [4.78, 5) is 17.4. The monoisotopic (exact) mass is 473 g/mol. The molecule has 0 aliphatic heterocycles. The van der Waals surface area contributed by atoms with Gasteiger partial charge in [-0.2, -0.15) is 9.61 Å². The number of rotatable bonds is 6. The Bertz CT molecular complexity index is 1450. The van der Waals surface area contributed by atoms with E-state index < -0.39 is 11.3 Å². The molecule has 6 rings (SSSR count). The normalized spacial score (nSPS) is 19.9. The highest BCUT2D eigenvalue weighted by atomic mass is 32.2. The molecule has 0 bridgehead atoms. The van der Waals surface area contributed by atoms with Crippen LogP contribution in [0.4, 0.5) is 5.82 Å². The second-order valence-corrected chi connectivity index (χ2v) is 9.59. The molecule has 0 spiro atoms. The highest BCUT2D eigenvalue weighted by Gasteiger charge is 2.28. The Morgan fingerprint density at radius 3 is 2.74 bits per heavy atom. The molecule has 3 atom stereocenters. The minimum absolute atomic E-state index is 0.0509. The second kappa shape index (κ2) is 8.43. The van der Waals surface area contributed by atoms with Crippen molar-refractivity contribution < 1.29 is 13.2 Å². The molecule has 9 heteroatoms. The molecule has 1 saturated carbocycles. The first-order valence-electron chi connectivity index (χ1n) is 11.3. The summed E-state index contributed by atoms with van der Waals surface area (Å²) in [6, 6.07) is 17.7. The SMILES string of the molecule is NS(=O)OCC1CCC(Nc2ccnc3cc(-c4ccc5c(c4)C(=O)c4ccccc4-5)nn23)C1. The van der Waals surface area contributed by atoms with E-state index in [0.717, 1.165) is 58.7 Å². The largest absolute Gasteiger partial charge is 0.367 e. The smallest absolute Gasteiger partial charge is 0.231 e.